The van der Waals surface area contributed by atoms with Gasteiger partial charge < -0.3 is 10.6 Å². The van der Waals surface area contributed by atoms with Gasteiger partial charge in [0.25, 0.3) is 0 Å². The molecule has 144 valence electrons. The van der Waals surface area contributed by atoms with Crippen LogP contribution >= 0.6 is 0 Å². The molecule has 0 saturated carbocycles. The van der Waals surface area contributed by atoms with Crippen molar-refractivity contribution in [2.45, 2.75) is 39.8 Å². The molecular weight excluding hydrogens is 345 g/mol. The molecule has 2 rings (SSSR count). The smallest absolute Gasteiger partial charge is 0.243 e. The van der Waals surface area contributed by atoms with Gasteiger partial charge in [0.05, 0.1) is 12.6 Å². The van der Waals surface area contributed by atoms with Gasteiger partial charge in [-0.3, -0.25) is 14.9 Å². The van der Waals surface area contributed by atoms with Crippen LogP contribution in [0.3, 0.4) is 0 Å². The van der Waals surface area contributed by atoms with Crippen molar-refractivity contribution in [1.82, 2.24) is 10.6 Å². The lowest BCUT2D eigenvalue weighted by Gasteiger charge is -2.20. The van der Waals surface area contributed by atoms with Gasteiger partial charge in [0.2, 0.25) is 11.8 Å². The van der Waals surface area contributed by atoms with Crippen LogP contribution in [0.2, 0.25) is 0 Å². The Labute approximate surface area is 159 Å². The maximum absolute atomic E-state index is 13.8. The predicted octanol–water partition coefficient (Wildman–Crippen LogP) is 3.24. The van der Waals surface area contributed by atoms with Gasteiger partial charge in [-0.1, -0.05) is 36.4 Å². The number of nitrogens with one attached hydrogen (secondary N) is 3. The van der Waals surface area contributed by atoms with E-state index < -0.39 is 6.04 Å². The van der Waals surface area contributed by atoms with Crippen molar-refractivity contribution >= 4 is 17.5 Å². The zero-order valence-electron chi connectivity index (χ0n) is 16.1. The Morgan fingerprint density at radius 2 is 1.63 bits per heavy atom. The van der Waals surface area contributed by atoms with E-state index in [2.05, 4.69) is 16.0 Å². The second kappa shape index (κ2) is 9.28. The first-order valence-corrected chi connectivity index (χ1v) is 8.94. The Kier molecular flexibility index (Phi) is 7.07. The van der Waals surface area contributed by atoms with Crippen molar-refractivity contribution in [3.05, 3.63) is 65.0 Å². The van der Waals surface area contributed by atoms with Crippen LogP contribution in [0.5, 0.6) is 0 Å². The largest absolute Gasteiger partial charge is 0.346 e. The number of hydrogen-bond acceptors (Lipinski definition) is 3. The molecule has 2 amide bonds. The van der Waals surface area contributed by atoms with Crippen molar-refractivity contribution in [2.24, 2.45) is 0 Å². The summed E-state index contributed by atoms with van der Waals surface area (Å²) in [4.78, 5) is 24.4. The van der Waals surface area contributed by atoms with Crippen LogP contribution in [0, 0.1) is 19.7 Å². The fraction of sp³-hybridized carbons (Fsp3) is 0.333. The maximum Gasteiger partial charge on any atom is 0.243 e. The topological polar surface area (TPSA) is 70.2 Å². The number of amides is 2. The number of rotatable bonds is 7. The van der Waals surface area contributed by atoms with E-state index >= 15 is 0 Å². The molecule has 6 heteroatoms. The van der Waals surface area contributed by atoms with E-state index in [0.717, 1.165) is 16.8 Å². The van der Waals surface area contributed by atoms with E-state index in [1.54, 1.807) is 32.0 Å². The van der Waals surface area contributed by atoms with Crippen molar-refractivity contribution in [2.75, 3.05) is 11.9 Å². The van der Waals surface area contributed by atoms with Gasteiger partial charge >= 0.3 is 0 Å². The number of anilines is 1. The fourth-order valence-electron chi connectivity index (χ4n) is 2.88. The lowest BCUT2D eigenvalue weighted by atomic mass is 10.1. The summed E-state index contributed by atoms with van der Waals surface area (Å²) >= 11 is 0. The first-order chi connectivity index (χ1) is 12.8. The number of carbonyl (C=O) groups is 2. The summed E-state index contributed by atoms with van der Waals surface area (Å²) in [6, 6.07) is 11.3. The maximum atomic E-state index is 13.8. The number of carbonyl (C=O) groups excluding carboxylic acids is 2. The van der Waals surface area contributed by atoms with Crippen LogP contribution in [0.4, 0.5) is 10.1 Å². The van der Waals surface area contributed by atoms with Crippen LogP contribution in [-0.4, -0.2) is 24.4 Å². The molecule has 0 spiro atoms. The third-order valence-electron chi connectivity index (χ3n) is 4.43. The fourth-order valence-corrected chi connectivity index (χ4v) is 2.88. The molecule has 0 fully saturated rings. The summed E-state index contributed by atoms with van der Waals surface area (Å²) < 4.78 is 13.8. The molecule has 3 N–H and O–H groups in total. The Bertz CT molecular complexity index is 803. The average Bonchev–Trinajstić information content (AvgIpc) is 2.63. The van der Waals surface area contributed by atoms with Crippen molar-refractivity contribution < 1.29 is 14.0 Å². The summed E-state index contributed by atoms with van der Waals surface area (Å²) in [5.74, 6) is -0.942. The summed E-state index contributed by atoms with van der Waals surface area (Å²) in [6.07, 6.45) is 0. The molecule has 0 unspecified atom stereocenters. The third kappa shape index (κ3) is 5.62. The van der Waals surface area contributed by atoms with Gasteiger partial charge in [-0.15, -0.1) is 0 Å². The van der Waals surface area contributed by atoms with E-state index in [-0.39, 0.29) is 30.2 Å². The first-order valence-electron chi connectivity index (χ1n) is 8.94. The highest BCUT2D eigenvalue weighted by Gasteiger charge is 2.18. The zero-order valence-corrected chi connectivity index (χ0v) is 16.1. The van der Waals surface area contributed by atoms with Crippen LogP contribution in [0.1, 0.15) is 36.6 Å². The molecule has 2 aromatic carbocycles. The van der Waals surface area contributed by atoms with E-state index in [1.165, 1.54) is 6.07 Å². The van der Waals surface area contributed by atoms with Gasteiger partial charge in [-0.25, -0.2) is 4.39 Å². The lowest BCUT2D eigenvalue weighted by molar-refractivity contribution is -0.125. The molecule has 0 aliphatic carbocycles. The average molecular weight is 371 g/mol. The number of hydrogen-bond donors (Lipinski definition) is 3. The Morgan fingerprint density at radius 3 is 2.26 bits per heavy atom. The molecule has 2 aromatic rings. The molecule has 0 saturated heterocycles. The Balaban J connectivity index is 1.86. The van der Waals surface area contributed by atoms with Crippen LogP contribution in [-0.2, 0) is 9.59 Å². The highest BCUT2D eigenvalue weighted by atomic mass is 19.1. The number of para-hydroxylation sites is 1. The molecule has 0 bridgehead atoms. The van der Waals surface area contributed by atoms with Crippen molar-refractivity contribution in [1.29, 1.82) is 0 Å². The monoisotopic (exact) mass is 371 g/mol. The summed E-state index contributed by atoms with van der Waals surface area (Å²) in [7, 11) is 0. The molecular formula is C21H26FN3O2. The van der Waals surface area contributed by atoms with Crippen molar-refractivity contribution in [3.8, 4) is 0 Å². The quantitative estimate of drug-likeness (QED) is 0.700. The summed E-state index contributed by atoms with van der Waals surface area (Å²) in [6.45, 7) is 7.16. The van der Waals surface area contributed by atoms with Gasteiger partial charge in [0.1, 0.15) is 5.82 Å². The third-order valence-corrected chi connectivity index (χ3v) is 4.43. The van der Waals surface area contributed by atoms with E-state index in [4.69, 9.17) is 0 Å². The molecule has 0 radical (unpaired) electrons. The highest BCUT2D eigenvalue weighted by Crippen LogP contribution is 2.19. The zero-order chi connectivity index (χ0) is 20.0. The van der Waals surface area contributed by atoms with Crippen molar-refractivity contribution in [3.63, 3.8) is 0 Å². The van der Waals surface area contributed by atoms with Crippen LogP contribution < -0.4 is 16.0 Å². The summed E-state index contributed by atoms with van der Waals surface area (Å²) in [5, 5.41) is 8.47. The highest BCUT2D eigenvalue weighted by molar-refractivity contribution is 5.96. The lowest BCUT2D eigenvalue weighted by Crippen LogP contribution is -2.45. The number of aryl methyl sites for hydroxylation is 2. The minimum Gasteiger partial charge on any atom is -0.346 e. The Hall–Kier alpha value is -2.73. The second-order valence-corrected chi connectivity index (χ2v) is 6.66. The standard InChI is InChI=1S/C21H26FN3O2/c1-13-8-7-9-14(2)20(13)25-19(26)12-23-21(27)16(4)24-15(3)17-10-5-6-11-18(17)22/h5-11,15-16,24H,12H2,1-4H3,(H,23,27)(H,25,26)/t15-,16-/m0/s1. The molecule has 2 atom stereocenters. The van der Waals surface area contributed by atoms with E-state index in [1.807, 2.05) is 32.0 Å². The number of halogens is 1. The normalized spacial score (nSPS) is 12.9. The minimum absolute atomic E-state index is 0.132. The second-order valence-electron chi connectivity index (χ2n) is 6.66. The van der Waals surface area contributed by atoms with Gasteiger partial charge in [0, 0.05) is 17.3 Å². The molecule has 0 heterocycles. The molecule has 0 aliphatic rings. The molecule has 27 heavy (non-hydrogen) atoms. The van der Waals surface area contributed by atoms with Crippen LogP contribution in [0.25, 0.3) is 0 Å². The SMILES string of the molecule is Cc1cccc(C)c1NC(=O)CNC(=O)[C@H](C)N[C@@H](C)c1ccccc1F. The van der Waals surface area contributed by atoms with Gasteiger partial charge in [-0.2, -0.15) is 0 Å². The Morgan fingerprint density at radius 1 is 1.00 bits per heavy atom. The van der Waals surface area contributed by atoms with Crippen LogP contribution in [0.15, 0.2) is 42.5 Å². The minimum atomic E-state index is -0.576. The van der Waals surface area contributed by atoms with Gasteiger partial charge in [-0.05, 0) is 44.9 Å². The summed E-state index contributed by atoms with van der Waals surface area (Å²) in [5.41, 5.74) is 3.17. The molecule has 0 aliphatic heterocycles. The predicted molar refractivity (Wildman–Crippen MR) is 105 cm³/mol. The van der Waals surface area contributed by atoms with Gasteiger partial charge in [0.15, 0.2) is 0 Å². The molecule has 5 nitrogen and oxygen atoms in total. The van der Waals surface area contributed by atoms with E-state index in [0.29, 0.717) is 5.56 Å². The number of benzene rings is 2. The van der Waals surface area contributed by atoms with E-state index in [9.17, 15) is 14.0 Å². The first kappa shape index (κ1) is 20.6. The molecule has 0 aromatic heterocycles.